The molecule has 0 aliphatic rings. The van der Waals surface area contributed by atoms with Crippen molar-refractivity contribution >= 4 is 11.9 Å². The number of nitrogens with one attached hydrogen (secondary N) is 1. The molecule has 0 fully saturated rings. The molecule has 168 valence electrons. The zero-order valence-electron chi connectivity index (χ0n) is 19.0. The van der Waals surface area contributed by atoms with Gasteiger partial charge in [-0.05, 0) is 30.9 Å². The van der Waals surface area contributed by atoms with Crippen LogP contribution in [0.3, 0.4) is 0 Å². The van der Waals surface area contributed by atoms with Gasteiger partial charge in [-0.3, -0.25) is 14.7 Å². The Kier molecular flexibility index (Phi) is 7.82. The average Bonchev–Trinajstić information content (AvgIpc) is 3.13. The van der Waals surface area contributed by atoms with Crippen molar-refractivity contribution in [3.05, 3.63) is 88.7 Å². The number of nitrogens with zero attached hydrogens (tertiary/aromatic N) is 1. The first-order valence-electron chi connectivity index (χ1n) is 10.8. The SMILES string of the molecule is Cc1n[nH]c(C)c1C(C(C)C)C(C(=O)OCc1ccccc1)C(=O)OCc1ccccc1. The van der Waals surface area contributed by atoms with Gasteiger partial charge in [0.1, 0.15) is 13.2 Å². The number of esters is 2. The Balaban J connectivity index is 1.87. The Morgan fingerprint density at radius 3 is 1.69 bits per heavy atom. The van der Waals surface area contributed by atoms with E-state index >= 15 is 0 Å². The Labute approximate surface area is 189 Å². The van der Waals surface area contributed by atoms with Crippen molar-refractivity contribution in [3.63, 3.8) is 0 Å². The summed E-state index contributed by atoms with van der Waals surface area (Å²) in [6, 6.07) is 18.8. The molecule has 6 heteroatoms. The third kappa shape index (κ3) is 5.63. The number of ether oxygens (including phenoxy) is 2. The molecule has 0 radical (unpaired) electrons. The van der Waals surface area contributed by atoms with E-state index in [4.69, 9.17) is 9.47 Å². The summed E-state index contributed by atoms with van der Waals surface area (Å²) in [5.74, 6) is -2.74. The number of aromatic nitrogens is 2. The smallest absolute Gasteiger partial charge is 0.321 e. The maximum absolute atomic E-state index is 13.3. The minimum Gasteiger partial charge on any atom is -0.460 e. The number of H-pyrrole nitrogens is 1. The Bertz CT molecular complexity index is 953. The van der Waals surface area contributed by atoms with Gasteiger partial charge in [0, 0.05) is 17.2 Å². The zero-order chi connectivity index (χ0) is 23.1. The van der Waals surface area contributed by atoms with E-state index in [0.717, 1.165) is 28.1 Å². The van der Waals surface area contributed by atoms with E-state index in [0.29, 0.717) is 0 Å². The largest absolute Gasteiger partial charge is 0.460 e. The molecule has 0 spiro atoms. The predicted octanol–water partition coefficient (Wildman–Crippen LogP) is 4.87. The summed E-state index contributed by atoms with van der Waals surface area (Å²) in [7, 11) is 0. The molecule has 1 unspecified atom stereocenters. The van der Waals surface area contributed by atoms with E-state index in [1.54, 1.807) is 0 Å². The highest BCUT2D eigenvalue weighted by Crippen LogP contribution is 2.37. The molecule has 1 heterocycles. The number of carbonyl (C=O) groups is 2. The van der Waals surface area contributed by atoms with Crippen LogP contribution >= 0.6 is 0 Å². The van der Waals surface area contributed by atoms with Crippen LogP contribution in [0, 0.1) is 25.7 Å². The maximum Gasteiger partial charge on any atom is 0.321 e. The molecule has 1 N–H and O–H groups in total. The number of benzene rings is 2. The zero-order valence-corrected chi connectivity index (χ0v) is 19.0. The lowest BCUT2D eigenvalue weighted by molar-refractivity contribution is -0.165. The Morgan fingerprint density at radius 2 is 1.31 bits per heavy atom. The van der Waals surface area contributed by atoms with Gasteiger partial charge in [-0.2, -0.15) is 5.10 Å². The third-order valence-electron chi connectivity index (χ3n) is 5.55. The van der Waals surface area contributed by atoms with E-state index in [2.05, 4.69) is 10.2 Å². The standard InChI is InChI=1S/C26H30N2O4/c1-17(2)22(23-18(3)27-28-19(23)4)24(25(29)31-15-20-11-7-5-8-12-20)26(30)32-16-21-13-9-6-10-14-21/h5-14,17,22,24H,15-16H2,1-4H3,(H,27,28). The molecule has 0 saturated heterocycles. The fourth-order valence-electron chi connectivity index (χ4n) is 3.96. The fourth-order valence-corrected chi connectivity index (χ4v) is 3.96. The van der Waals surface area contributed by atoms with Gasteiger partial charge in [-0.15, -0.1) is 0 Å². The van der Waals surface area contributed by atoms with Gasteiger partial charge in [0.25, 0.3) is 0 Å². The molecule has 0 amide bonds. The van der Waals surface area contributed by atoms with Gasteiger partial charge in [0.05, 0.1) is 5.69 Å². The van der Waals surface area contributed by atoms with Crippen LogP contribution in [0.2, 0.25) is 0 Å². The maximum atomic E-state index is 13.3. The summed E-state index contributed by atoms with van der Waals surface area (Å²) in [6.07, 6.45) is 0. The molecule has 3 rings (SSSR count). The molecule has 32 heavy (non-hydrogen) atoms. The van der Waals surface area contributed by atoms with Gasteiger partial charge >= 0.3 is 11.9 Å². The van der Waals surface area contributed by atoms with Gasteiger partial charge in [0.15, 0.2) is 5.92 Å². The van der Waals surface area contributed by atoms with Crippen molar-refractivity contribution in [2.75, 3.05) is 0 Å². The van der Waals surface area contributed by atoms with Gasteiger partial charge in [0.2, 0.25) is 0 Å². The summed E-state index contributed by atoms with van der Waals surface area (Å²) < 4.78 is 11.2. The minimum atomic E-state index is -1.10. The molecular formula is C26H30N2O4. The van der Waals surface area contributed by atoms with Crippen LogP contribution in [0.15, 0.2) is 60.7 Å². The lowest BCUT2D eigenvalue weighted by Gasteiger charge is -2.28. The highest BCUT2D eigenvalue weighted by atomic mass is 16.6. The van der Waals surface area contributed by atoms with Crippen LogP contribution < -0.4 is 0 Å². The molecule has 0 aliphatic carbocycles. The van der Waals surface area contributed by atoms with Crippen molar-refractivity contribution in [1.29, 1.82) is 0 Å². The summed E-state index contributed by atoms with van der Waals surface area (Å²) in [6.45, 7) is 7.92. The summed E-state index contributed by atoms with van der Waals surface area (Å²) >= 11 is 0. The van der Waals surface area contributed by atoms with E-state index in [1.807, 2.05) is 88.4 Å². The van der Waals surface area contributed by atoms with Gasteiger partial charge < -0.3 is 9.47 Å². The quantitative estimate of drug-likeness (QED) is 0.384. The minimum absolute atomic E-state index is 0.0245. The topological polar surface area (TPSA) is 81.3 Å². The number of carbonyl (C=O) groups excluding carboxylic acids is 2. The second-order valence-electron chi connectivity index (χ2n) is 8.28. The van der Waals surface area contributed by atoms with Gasteiger partial charge in [-0.25, -0.2) is 0 Å². The molecular weight excluding hydrogens is 404 g/mol. The first-order valence-corrected chi connectivity index (χ1v) is 10.8. The lowest BCUT2D eigenvalue weighted by atomic mass is 9.77. The highest BCUT2D eigenvalue weighted by Gasteiger charge is 2.42. The van der Waals surface area contributed by atoms with Crippen molar-refractivity contribution in [2.24, 2.45) is 11.8 Å². The molecule has 0 bridgehead atoms. The summed E-state index contributed by atoms with van der Waals surface area (Å²) in [5.41, 5.74) is 4.16. The molecule has 1 atom stereocenters. The average molecular weight is 435 g/mol. The lowest BCUT2D eigenvalue weighted by Crippen LogP contribution is -2.36. The second-order valence-corrected chi connectivity index (χ2v) is 8.28. The molecule has 0 aliphatic heterocycles. The van der Waals surface area contributed by atoms with Crippen LogP contribution in [0.5, 0.6) is 0 Å². The van der Waals surface area contributed by atoms with Crippen LogP contribution in [-0.4, -0.2) is 22.1 Å². The summed E-state index contributed by atoms with van der Waals surface area (Å²) in [4.78, 5) is 26.6. The second kappa shape index (κ2) is 10.8. The molecule has 0 saturated carbocycles. The Morgan fingerprint density at radius 1 is 0.844 bits per heavy atom. The van der Waals surface area contributed by atoms with E-state index in [1.165, 1.54) is 0 Å². The van der Waals surface area contributed by atoms with E-state index in [9.17, 15) is 9.59 Å². The van der Waals surface area contributed by atoms with Crippen molar-refractivity contribution in [2.45, 2.75) is 46.8 Å². The monoisotopic (exact) mass is 434 g/mol. The van der Waals surface area contributed by atoms with Crippen molar-refractivity contribution in [1.82, 2.24) is 10.2 Å². The molecule has 1 aromatic heterocycles. The first-order chi connectivity index (χ1) is 15.4. The van der Waals surface area contributed by atoms with E-state index in [-0.39, 0.29) is 19.1 Å². The summed E-state index contributed by atoms with van der Waals surface area (Å²) in [5, 5.41) is 7.24. The number of hydrogen-bond acceptors (Lipinski definition) is 5. The number of aryl methyl sites for hydroxylation is 2. The van der Waals surface area contributed by atoms with Crippen LogP contribution in [0.25, 0.3) is 0 Å². The van der Waals surface area contributed by atoms with Gasteiger partial charge in [-0.1, -0.05) is 74.5 Å². The van der Waals surface area contributed by atoms with Crippen molar-refractivity contribution < 1.29 is 19.1 Å². The highest BCUT2D eigenvalue weighted by molar-refractivity contribution is 5.96. The first kappa shape index (κ1) is 23.3. The number of aromatic amines is 1. The molecule has 3 aromatic rings. The number of rotatable bonds is 9. The van der Waals surface area contributed by atoms with Crippen LogP contribution in [-0.2, 0) is 32.3 Å². The third-order valence-corrected chi connectivity index (χ3v) is 5.55. The van der Waals surface area contributed by atoms with E-state index < -0.39 is 23.8 Å². The normalized spacial score (nSPS) is 12.1. The van der Waals surface area contributed by atoms with Crippen LogP contribution in [0.4, 0.5) is 0 Å². The fraction of sp³-hybridized carbons (Fsp3) is 0.346. The molecule has 2 aromatic carbocycles. The predicted molar refractivity (Wildman–Crippen MR) is 122 cm³/mol. The van der Waals surface area contributed by atoms with Crippen LogP contribution in [0.1, 0.15) is 47.8 Å². The number of hydrogen-bond donors (Lipinski definition) is 1. The molecule has 6 nitrogen and oxygen atoms in total. The van der Waals surface area contributed by atoms with Crippen molar-refractivity contribution in [3.8, 4) is 0 Å². The Hall–Kier alpha value is -3.41.